The van der Waals surface area contributed by atoms with Gasteiger partial charge in [-0.2, -0.15) is 0 Å². The van der Waals surface area contributed by atoms with Crippen LogP contribution in [-0.4, -0.2) is 80.3 Å². The first-order valence-electron chi connectivity index (χ1n) is 16.5. The second kappa shape index (κ2) is 14.5. The average molecular weight is 674 g/mol. The second-order valence-corrected chi connectivity index (χ2v) is 13.3. The molecule has 1 saturated heterocycles. The first kappa shape index (κ1) is 33.7. The van der Waals surface area contributed by atoms with Crippen molar-refractivity contribution in [3.8, 4) is 23.0 Å². The van der Waals surface area contributed by atoms with Crippen LogP contribution in [0.4, 0.5) is 0 Å². The number of amides is 2. The van der Waals surface area contributed by atoms with E-state index in [1.54, 1.807) is 21.1 Å². The standard InChI is InChI=1S/C38H44ClN3O6/c1-23-14-34(39)36(15-24(23)2)48-13-12-47-30-10-6-27(7-11-30)33-18-28-21-41(25(3)43)22-35(40-28)37(33)38(44)42(29-8-9-29)20-26-16-31(45-4)19-32(17-26)46-5/h6-7,10-11,14-17,19,28-29,35,40H,8-9,12-13,18,20-22H2,1-5H3/t28?,35-/m1/s1. The molecule has 2 aliphatic heterocycles. The van der Waals surface area contributed by atoms with Gasteiger partial charge in [-0.15, -0.1) is 0 Å². The van der Waals surface area contributed by atoms with Gasteiger partial charge in [0.1, 0.15) is 36.2 Å². The van der Waals surface area contributed by atoms with Crippen LogP contribution in [0.2, 0.25) is 5.02 Å². The van der Waals surface area contributed by atoms with Crippen LogP contribution in [0.1, 0.15) is 48.4 Å². The number of benzene rings is 3. The third kappa shape index (κ3) is 7.58. The summed E-state index contributed by atoms with van der Waals surface area (Å²) < 4.78 is 22.9. The van der Waals surface area contributed by atoms with Gasteiger partial charge in [-0.3, -0.25) is 9.59 Å². The summed E-state index contributed by atoms with van der Waals surface area (Å²) in [5.74, 6) is 2.75. The van der Waals surface area contributed by atoms with Crippen LogP contribution < -0.4 is 24.3 Å². The van der Waals surface area contributed by atoms with Gasteiger partial charge >= 0.3 is 0 Å². The molecule has 2 bridgehead atoms. The Kier molecular flexibility index (Phi) is 10.2. The highest BCUT2D eigenvalue weighted by atomic mass is 35.5. The molecule has 48 heavy (non-hydrogen) atoms. The van der Waals surface area contributed by atoms with Crippen molar-refractivity contribution in [3.63, 3.8) is 0 Å². The maximum atomic E-state index is 14.7. The molecule has 1 aliphatic carbocycles. The van der Waals surface area contributed by atoms with Crippen LogP contribution in [0.25, 0.3) is 5.57 Å². The monoisotopic (exact) mass is 673 g/mol. The lowest BCUT2D eigenvalue weighted by atomic mass is 9.82. The lowest BCUT2D eigenvalue weighted by Crippen LogP contribution is -2.61. The van der Waals surface area contributed by atoms with E-state index in [4.69, 9.17) is 30.5 Å². The van der Waals surface area contributed by atoms with E-state index in [1.165, 1.54) is 0 Å². The summed E-state index contributed by atoms with van der Waals surface area (Å²) in [4.78, 5) is 31.0. The molecule has 2 atom stereocenters. The van der Waals surface area contributed by atoms with Crippen LogP contribution in [0.15, 0.2) is 60.2 Å². The maximum Gasteiger partial charge on any atom is 0.252 e. The summed E-state index contributed by atoms with van der Waals surface area (Å²) >= 11 is 6.36. The van der Waals surface area contributed by atoms with Crippen LogP contribution >= 0.6 is 11.6 Å². The molecule has 6 rings (SSSR count). The number of carbonyl (C=O) groups is 2. The minimum Gasteiger partial charge on any atom is -0.497 e. The summed E-state index contributed by atoms with van der Waals surface area (Å²) in [5, 5.41) is 4.25. The molecule has 1 saturated carbocycles. The summed E-state index contributed by atoms with van der Waals surface area (Å²) in [6.45, 7) is 7.85. The molecule has 10 heteroatoms. The summed E-state index contributed by atoms with van der Waals surface area (Å²) in [5.41, 5.74) is 5.91. The van der Waals surface area contributed by atoms with Crippen LogP contribution in [0, 0.1) is 13.8 Å². The van der Waals surface area contributed by atoms with E-state index in [1.807, 2.05) is 78.2 Å². The number of methoxy groups -OCH3 is 2. The number of aryl methyl sites for hydroxylation is 2. The highest BCUT2D eigenvalue weighted by molar-refractivity contribution is 6.32. The van der Waals surface area contributed by atoms with Crippen molar-refractivity contribution in [3.05, 3.63) is 87.4 Å². The number of carbonyl (C=O) groups excluding carboxylic acids is 2. The molecule has 1 N–H and O–H groups in total. The molecule has 3 aliphatic rings. The van der Waals surface area contributed by atoms with Crippen LogP contribution in [-0.2, 0) is 16.1 Å². The van der Waals surface area contributed by atoms with Crippen molar-refractivity contribution in [2.45, 2.75) is 64.7 Å². The Bertz CT molecular complexity index is 1680. The normalized spacial score (nSPS) is 18.8. The Morgan fingerprint density at radius 3 is 2.21 bits per heavy atom. The molecule has 254 valence electrons. The van der Waals surface area contributed by atoms with Gasteiger partial charge in [-0.05, 0) is 97.3 Å². The van der Waals surface area contributed by atoms with Gasteiger partial charge in [0.2, 0.25) is 5.91 Å². The lowest BCUT2D eigenvalue weighted by molar-refractivity contribution is -0.132. The van der Waals surface area contributed by atoms with Gasteiger partial charge in [0.25, 0.3) is 5.91 Å². The highest BCUT2D eigenvalue weighted by Gasteiger charge is 2.43. The minimum absolute atomic E-state index is 0.00174. The molecule has 2 amide bonds. The fourth-order valence-electron chi connectivity index (χ4n) is 6.61. The van der Waals surface area contributed by atoms with Crippen LogP contribution in [0.3, 0.4) is 0 Å². The van der Waals surface area contributed by atoms with Crippen molar-refractivity contribution in [2.75, 3.05) is 40.5 Å². The van der Waals surface area contributed by atoms with Crippen LogP contribution in [0.5, 0.6) is 23.0 Å². The Hall–Kier alpha value is -4.21. The fraction of sp³-hybridized carbons (Fsp3) is 0.421. The third-order valence-corrected chi connectivity index (χ3v) is 9.75. The Morgan fingerprint density at radius 2 is 1.56 bits per heavy atom. The second-order valence-electron chi connectivity index (χ2n) is 12.9. The topological polar surface area (TPSA) is 89.6 Å². The zero-order chi connectivity index (χ0) is 33.9. The Labute approximate surface area is 287 Å². The number of hydrogen-bond acceptors (Lipinski definition) is 7. The summed E-state index contributed by atoms with van der Waals surface area (Å²) in [6, 6.07) is 17.5. The summed E-state index contributed by atoms with van der Waals surface area (Å²) in [7, 11) is 3.25. The number of nitrogens with one attached hydrogen (secondary N) is 1. The predicted molar refractivity (Wildman–Crippen MR) is 186 cm³/mol. The Morgan fingerprint density at radius 1 is 0.896 bits per heavy atom. The zero-order valence-corrected chi connectivity index (χ0v) is 29.1. The van der Waals surface area contributed by atoms with Crippen molar-refractivity contribution in [1.29, 1.82) is 0 Å². The number of hydrogen-bond donors (Lipinski definition) is 1. The lowest BCUT2D eigenvalue weighted by Gasteiger charge is -2.44. The molecular formula is C38H44ClN3O6. The van der Waals surface area contributed by atoms with E-state index in [-0.39, 0.29) is 29.9 Å². The molecule has 3 aromatic rings. The fourth-order valence-corrected chi connectivity index (χ4v) is 6.89. The number of rotatable bonds is 12. The highest BCUT2D eigenvalue weighted by Crippen LogP contribution is 2.38. The number of halogens is 1. The molecule has 0 spiro atoms. The molecule has 0 aromatic heterocycles. The predicted octanol–water partition coefficient (Wildman–Crippen LogP) is 5.97. The van der Waals surface area contributed by atoms with E-state index in [2.05, 4.69) is 5.32 Å². The van der Waals surface area contributed by atoms with Crippen molar-refractivity contribution < 1.29 is 28.5 Å². The van der Waals surface area contributed by atoms with Crippen molar-refractivity contribution in [1.82, 2.24) is 15.1 Å². The van der Waals surface area contributed by atoms with Gasteiger partial charge in [-0.1, -0.05) is 23.7 Å². The Balaban J connectivity index is 1.23. The number of ether oxygens (including phenoxy) is 4. The molecule has 0 radical (unpaired) electrons. The summed E-state index contributed by atoms with van der Waals surface area (Å²) in [6.07, 6.45) is 2.56. The van der Waals surface area contributed by atoms with E-state index < -0.39 is 0 Å². The third-order valence-electron chi connectivity index (χ3n) is 9.45. The smallest absolute Gasteiger partial charge is 0.252 e. The molecule has 9 nitrogen and oxygen atoms in total. The van der Waals surface area contributed by atoms with Crippen molar-refractivity contribution in [2.24, 2.45) is 0 Å². The minimum atomic E-state index is -0.268. The molecule has 2 heterocycles. The zero-order valence-electron chi connectivity index (χ0n) is 28.3. The largest absolute Gasteiger partial charge is 0.497 e. The number of fused-ring (bicyclic) bond motifs is 2. The SMILES string of the molecule is COc1cc(CN(C(=O)C2=C(c3ccc(OCCOc4cc(C)c(C)cc4Cl)cc3)CC3CN(C(C)=O)C[C@H]2N3)C2CC2)cc(OC)c1. The quantitative estimate of drug-likeness (QED) is 0.237. The van der Waals surface area contributed by atoms with E-state index >= 15 is 0 Å². The van der Waals surface area contributed by atoms with E-state index in [9.17, 15) is 9.59 Å². The number of nitrogens with zero attached hydrogens (tertiary/aromatic N) is 2. The molecule has 3 aromatic carbocycles. The first-order valence-corrected chi connectivity index (χ1v) is 16.9. The molecule has 2 fully saturated rings. The molecular weight excluding hydrogens is 630 g/mol. The number of piperazine rings is 1. The van der Waals surface area contributed by atoms with Gasteiger partial charge < -0.3 is 34.1 Å². The maximum absolute atomic E-state index is 14.7. The van der Waals surface area contributed by atoms with Gasteiger partial charge in [-0.25, -0.2) is 0 Å². The van der Waals surface area contributed by atoms with Gasteiger partial charge in [0.05, 0.1) is 25.3 Å². The van der Waals surface area contributed by atoms with E-state index in [0.717, 1.165) is 46.2 Å². The van der Waals surface area contributed by atoms with Crippen molar-refractivity contribution >= 4 is 29.0 Å². The average Bonchev–Trinajstić information content (AvgIpc) is 3.92. The molecule has 1 unspecified atom stereocenters. The van der Waals surface area contributed by atoms with Gasteiger partial charge in [0, 0.05) is 50.3 Å². The van der Waals surface area contributed by atoms with Gasteiger partial charge in [0.15, 0.2) is 0 Å². The first-order chi connectivity index (χ1) is 23.1. The van der Waals surface area contributed by atoms with E-state index in [0.29, 0.717) is 67.3 Å².